The number of benzene rings is 2. The highest BCUT2D eigenvalue weighted by Crippen LogP contribution is 2.33. The van der Waals surface area contributed by atoms with Crippen molar-refractivity contribution in [3.05, 3.63) is 74.5 Å². The third-order valence-corrected chi connectivity index (χ3v) is 4.47. The molecule has 2 N–H and O–H groups in total. The first kappa shape index (κ1) is 17.4. The smallest absolute Gasteiger partial charge is 0.278 e. The minimum atomic E-state index is -0.937. The molecule has 6 nitrogen and oxygen atoms in total. The van der Waals surface area contributed by atoms with Gasteiger partial charge in [-0.2, -0.15) is 0 Å². The molecule has 0 aliphatic heterocycles. The van der Waals surface area contributed by atoms with Crippen molar-refractivity contribution in [2.45, 2.75) is 6.10 Å². The number of anilines is 1. The fraction of sp³-hybridized carbons (Fsp3) is 0.118. The molecule has 3 aromatic rings. The first-order valence-corrected chi connectivity index (χ1v) is 8.11. The molecule has 0 radical (unpaired) electrons. The Bertz CT molecular complexity index is 929. The highest BCUT2D eigenvalue weighted by molar-refractivity contribution is 6.36. The predicted molar refractivity (Wildman–Crippen MR) is 98.3 cm³/mol. The van der Waals surface area contributed by atoms with Gasteiger partial charge in [-0.3, -0.25) is 15.1 Å². The van der Waals surface area contributed by atoms with E-state index in [-0.39, 0.29) is 12.2 Å². The molecule has 1 heterocycles. The number of non-ortho nitro benzene ring substituents is 1. The zero-order chi connectivity index (χ0) is 18.0. The van der Waals surface area contributed by atoms with Gasteiger partial charge in [-0.25, -0.2) is 0 Å². The van der Waals surface area contributed by atoms with E-state index in [1.165, 1.54) is 12.3 Å². The van der Waals surface area contributed by atoms with Crippen molar-refractivity contribution < 1.29 is 10.0 Å². The summed E-state index contributed by atoms with van der Waals surface area (Å²) in [4.78, 5) is 14.6. The molecule has 0 saturated carbocycles. The van der Waals surface area contributed by atoms with Crippen molar-refractivity contribution in [2.75, 3.05) is 11.9 Å². The minimum absolute atomic E-state index is 0.0247. The van der Waals surface area contributed by atoms with Crippen LogP contribution in [0, 0.1) is 10.1 Å². The number of fused-ring (bicyclic) bond motifs is 1. The summed E-state index contributed by atoms with van der Waals surface area (Å²) in [5.41, 5.74) is 1.06. The van der Waals surface area contributed by atoms with Crippen LogP contribution in [0.2, 0.25) is 10.0 Å². The van der Waals surface area contributed by atoms with Crippen molar-refractivity contribution in [1.29, 1.82) is 0 Å². The number of aliphatic hydroxyl groups is 1. The molecule has 0 fully saturated rings. The molecular formula is C17H13Cl2N3O3. The van der Waals surface area contributed by atoms with Crippen LogP contribution in [0.25, 0.3) is 10.8 Å². The average molecular weight is 378 g/mol. The summed E-state index contributed by atoms with van der Waals surface area (Å²) in [6.45, 7) is 0.138. The number of aliphatic hydroxyl groups excluding tert-OH is 1. The van der Waals surface area contributed by atoms with Crippen LogP contribution in [-0.2, 0) is 0 Å². The van der Waals surface area contributed by atoms with E-state index >= 15 is 0 Å². The Balaban J connectivity index is 1.89. The Morgan fingerprint density at radius 2 is 1.88 bits per heavy atom. The summed E-state index contributed by atoms with van der Waals surface area (Å²) < 4.78 is 0. The van der Waals surface area contributed by atoms with Gasteiger partial charge < -0.3 is 10.4 Å². The number of nitrogens with one attached hydrogen (secondary N) is 1. The van der Waals surface area contributed by atoms with Crippen LogP contribution in [0.5, 0.6) is 0 Å². The molecule has 0 saturated heterocycles. The maximum atomic E-state index is 11.1. The number of aromatic nitrogens is 1. The van der Waals surface area contributed by atoms with Crippen molar-refractivity contribution >= 4 is 45.3 Å². The van der Waals surface area contributed by atoms with E-state index < -0.39 is 11.0 Å². The van der Waals surface area contributed by atoms with Gasteiger partial charge in [0, 0.05) is 51.7 Å². The Labute approximate surface area is 153 Å². The molecule has 2 aromatic carbocycles. The van der Waals surface area contributed by atoms with Crippen LogP contribution in [0.3, 0.4) is 0 Å². The van der Waals surface area contributed by atoms with E-state index in [9.17, 15) is 15.2 Å². The molecule has 25 heavy (non-hydrogen) atoms. The standard InChI is InChI=1S/C17H13Cl2N3O3/c18-12-2-1-3-13(19)17(12)16(23)9-21-14-4-5-15(22(24)25)11-8-20-7-6-10(11)14/h1-8,16,21,23H,9H2. The number of halogens is 2. The molecule has 8 heteroatoms. The third-order valence-electron chi connectivity index (χ3n) is 3.81. The van der Waals surface area contributed by atoms with Gasteiger partial charge in [-0.15, -0.1) is 0 Å². The van der Waals surface area contributed by atoms with E-state index in [1.807, 2.05) is 0 Å². The Hall–Kier alpha value is -2.41. The van der Waals surface area contributed by atoms with Crippen molar-refractivity contribution in [3.63, 3.8) is 0 Å². The lowest BCUT2D eigenvalue weighted by Crippen LogP contribution is -2.13. The van der Waals surface area contributed by atoms with Gasteiger partial charge in [0.1, 0.15) is 0 Å². The number of rotatable bonds is 5. The van der Waals surface area contributed by atoms with Gasteiger partial charge in [0.05, 0.1) is 16.4 Å². The topological polar surface area (TPSA) is 88.3 Å². The lowest BCUT2D eigenvalue weighted by molar-refractivity contribution is -0.383. The van der Waals surface area contributed by atoms with Crippen molar-refractivity contribution in [1.82, 2.24) is 4.98 Å². The molecule has 3 rings (SSSR count). The average Bonchev–Trinajstić information content (AvgIpc) is 2.59. The molecule has 0 aliphatic carbocycles. The van der Waals surface area contributed by atoms with Crippen LogP contribution in [0.4, 0.5) is 11.4 Å². The van der Waals surface area contributed by atoms with Gasteiger partial charge in [0.15, 0.2) is 0 Å². The highest BCUT2D eigenvalue weighted by atomic mass is 35.5. The quantitative estimate of drug-likeness (QED) is 0.501. The molecule has 1 aromatic heterocycles. The summed E-state index contributed by atoms with van der Waals surface area (Å²) >= 11 is 12.2. The van der Waals surface area contributed by atoms with E-state index in [1.54, 1.807) is 36.5 Å². The largest absolute Gasteiger partial charge is 0.386 e. The first-order chi connectivity index (χ1) is 12.0. The number of nitro benzene ring substituents is 1. The summed E-state index contributed by atoms with van der Waals surface area (Å²) in [6, 6.07) is 9.69. The number of pyridine rings is 1. The molecule has 0 aliphatic rings. The van der Waals surface area contributed by atoms with E-state index in [2.05, 4.69) is 10.3 Å². The molecule has 1 unspecified atom stereocenters. The zero-order valence-electron chi connectivity index (χ0n) is 12.8. The SMILES string of the molecule is O=[N+]([O-])c1ccc(NCC(O)c2c(Cl)cccc2Cl)c2ccncc12. The summed E-state index contributed by atoms with van der Waals surface area (Å²) in [5.74, 6) is 0. The minimum Gasteiger partial charge on any atom is -0.386 e. The van der Waals surface area contributed by atoms with Gasteiger partial charge in [-0.05, 0) is 24.3 Å². The Morgan fingerprint density at radius 1 is 1.16 bits per heavy atom. The zero-order valence-corrected chi connectivity index (χ0v) is 14.3. The second kappa shape index (κ2) is 7.23. The van der Waals surface area contributed by atoms with Gasteiger partial charge in [-0.1, -0.05) is 29.3 Å². The predicted octanol–water partition coefficient (Wildman–Crippen LogP) is 4.60. The number of hydrogen-bond donors (Lipinski definition) is 2. The lowest BCUT2D eigenvalue weighted by Gasteiger charge is -2.17. The molecular weight excluding hydrogens is 365 g/mol. The third kappa shape index (κ3) is 3.51. The van der Waals surface area contributed by atoms with Gasteiger partial charge >= 0.3 is 0 Å². The summed E-state index contributed by atoms with van der Waals surface area (Å²) in [7, 11) is 0. The Morgan fingerprint density at radius 3 is 2.56 bits per heavy atom. The summed E-state index contributed by atoms with van der Waals surface area (Å²) in [6.07, 6.45) is 2.06. The maximum Gasteiger partial charge on any atom is 0.278 e. The monoisotopic (exact) mass is 377 g/mol. The number of hydrogen-bond acceptors (Lipinski definition) is 5. The molecule has 1 atom stereocenters. The van der Waals surface area contributed by atoms with Crippen LogP contribution in [0.1, 0.15) is 11.7 Å². The molecule has 128 valence electrons. The van der Waals surface area contributed by atoms with Gasteiger partial charge in [0.25, 0.3) is 5.69 Å². The fourth-order valence-electron chi connectivity index (χ4n) is 2.63. The van der Waals surface area contributed by atoms with Crippen LogP contribution < -0.4 is 5.32 Å². The van der Waals surface area contributed by atoms with E-state index in [4.69, 9.17) is 23.2 Å². The normalized spacial score (nSPS) is 12.1. The number of nitrogens with zero attached hydrogens (tertiary/aromatic N) is 2. The Kier molecular flexibility index (Phi) is 5.03. The van der Waals surface area contributed by atoms with Gasteiger partial charge in [0.2, 0.25) is 0 Å². The van der Waals surface area contributed by atoms with Crippen molar-refractivity contribution in [2.24, 2.45) is 0 Å². The fourth-order valence-corrected chi connectivity index (χ4v) is 3.28. The molecule has 0 spiro atoms. The second-order valence-corrected chi connectivity index (χ2v) is 6.16. The second-order valence-electron chi connectivity index (χ2n) is 5.34. The first-order valence-electron chi connectivity index (χ1n) is 7.36. The highest BCUT2D eigenvalue weighted by Gasteiger charge is 2.17. The number of nitro groups is 1. The van der Waals surface area contributed by atoms with Crippen LogP contribution in [-0.4, -0.2) is 21.6 Å². The maximum absolute atomic E-state index is 11.1. The van der Waals surface area contributed by atoms with Crippen LogP contribution >= 0.6 is 23.2 Å². The van der Waals surface area contributed by atoms with Crippen LogP contribution in [0.15, 0.2) is 48.8 Å². The van der Waals surface area contributed by atoms with Crippen molar-refractivity contribution in [3.8, 4) is 0 Å². The van der Waals surface area contributed by atoms with E-state index in [0.29, 0.717) is 32.1 Å². The summed E-state index contributed by atoms with van der Waals surface area (Å²) in [5, 5.41) is 26.4. The molecule has 0 bridgehead atoms. The molecule has 0 amide bonds. The van der Waals surface area contributed by atoms with E-state index in [0.717, 1.165) is 0 Å². The lowest BCUT2D eigenvalue weighted by atomic mass is 10.1.